The number of hydrazone groups is 1. The van der Waals surface area contributed by atoms with Gasteiger partial charge in [-0.25, -0.2) is 10.2 Å². The second-order valence-corrected chi connectivity index (χ2v) is 6.07. The number of hydrogen-bond donors (Lipinski definition) is 1. The van der Waals surface area contributed by atoms with Crippen molar-refractivity contribution in [3.05, 3.63) is 102 Å². The lowest BCUT2D eigenvalue weighted by Gasteiger charge is -2.07. The summed E-state index contributed by atoms with van der Waals surface area (Å²) in [5, 5.41) is 3.98. The van der Waals surface area contributed by atoms with Crippen molar-refractivity contribution in [2.24, 2.45) is 5.10 Å². The number of para-hydroxylation sites is 1. The fourth-order valence-electron chi connectivity index (χ4n) is 2.55. The van der Waals surface area contributed by atoms with Crippen LogP contribution in [0.5, 0.6) is 5.75 Å². The number of ether oxygens (including phenoxy) is 1. The van der Waals surface area contributed by atoms with Gasteiger partial charge in [0.2, 0.25) is 5.91 Å². The monoisotopic (exact) mass is 372 g/mol. The van der Waals surface area contributed by atoms with E-state index in [-0.39, 0.29) is 5.91 Å². The van der Waals surface area contributed by atoms with Gasteiger partial charge in [0.15, 0.2) is 0 Å². The molecular weight excluding hydrogens is 352 g/mol. The molecule has 140 valence electrons. The lowest BCUT2D eigenvalue weighted by atomic mass is 10.1. The number of nitrogens with one attached hydrogen (secondary N) is 1. The first-order valence-corrected chi connectivity index (χ1v) is 8.94. The van der Waals surface area contributed by atoms with Crippen LogP contribution in [0.1, 0.15) is 27.9 Å². The van der Waals surface area contributed by atoms with E-state index in [1.54, 1.807) is 48.5 Å². The summed E-state index contributed by atoms with van der Waals surface area (Å²) in [5.74, 6) is -0.258. The number of aryl methyl sites for hydroxylation is 1. The summed E-state index contributed by atoms with van der Waals surface area (Å²) in [4.78, 5) is 24.2. The molecule has 0 fully saturated rings. The highest BCUT2D eigenvalue weighted by molar-refractivity contribution is 5.93. The predicted octanol–water partition coefficient (Wildman–Crippen LogP) is 3.99. The summed E-state index contributed by atoms with van der Waals surface area (Å²) < 4.78 is 5.45. The molecule has 0 aliphatic heterocycles. The third-order valence-corrected chi connectivity index (χ3v) is 4.01. The highest BCUT2D eigenvalue weighted by Gasteiger charge is 2.10. The molecule has 0 aliphatic carbocycles. The highest BCUT2D eigenvalue weighted by atomic mass is 16.5. The molecule has 5 nitrogen and oxygen atoms in total. The third kappa shape index (κ3) is 5.64. The molecule has 5 heteroatoms. The van der Waals surface area contributed by atoms with Crippen molar-refractivity contribution >= 4 is 18.1 Å². The van der Waals surface area contributed by atoms with Crippen LogP contribution in [0.3, 0.4) is 0 Å². The van der Waals surface area contributed by atoms with Crippen molar-refractivity contribution < 1.29 is 14.3 Å². The van der Waals surface area contributed by atoms with Crippen LogP contribution in [-0.2, 0) is 11.2 Å². The molecule has 0 atom stereocenters. The number of carbonyl (C=O) groups is 2. The van der Waals surface area contributed by atoms with Crippen LogP contribution in [0.15, 0.2) is 90.0 Å². The maximum Gasteiger partial charge on any atom is 0.343 e. The maximum atomic E-state index is 12.2. The van der Waals surface area contributed by atoms with Gasteiger partial charge in [0, 0.05) is 12.0 Å². The molecule has 3 aromatic carbocycles. The Morgan fingerprint density at radius 3 is 2.25 bits per heavy atom. The molecule has 1 amide bonds. The Morgan fingerprint density at radius 2 is 1.50 bits per heavy atom. The van der Waals surface area contributed by atoms with E-state index >= 15 is 0 Å². The first-order valence-electron chi connectivity index (χ1n) is 8.94. The van der Waals surface area contributed by atoms with Crippen LogP contribution in [0.2, 0.25) is 0 Å². The van der Waals surface area contributed by atoms with Gasteiger partial charge in [0.05, 0.1) is 11.8 Å². The lowest BCUT2D eigenvalue weighted by molar-refractivity contribution is -0.121. The summed E-state index contributed by atoms with van der Waals surface area (Å²) in [5.41, 5.74) is 4.65. The van der Waals surface area contributed by atoms with Gasteiger partial charge < -0.3 is 4.74 Å². The van der Waals surface area contributed by atoms with E-state index < -0.39 is 5.97 Å². The van der Waals surface area contributed by atoms with Gasteiger partial charge in [0.25, 0.3) is 0 Å². The average Bonchev–Trinajstić information content (AvgIpc) is 2.75. The Hall–Kier alpha value is -3.73. The van der Waals surface area contributed by atoms with E-state index in [9.17, 15) is 9.59 Å². The van der Waals surface area contributed by atoms with Crippen molar-refractivity contribution in [3.8, 4) is 5.75 Å². The topological polar surface area (TPSA) is 67.8 Å². The number of carbonyl (C=O) groups excluding carboxylic acids is 2. The molecular formula is C23H20N2O3. The molecule has 0 aliphatic rings. The summed E-state index contributed by atoms with van der Waals surface area (Å²) >= 11 is 0. The molecule has 0 saturated heterocycles. The number of esters is 1. The Labute approximate surface area is 163 Å². The van der Waals surface area contributed by atoms with Gasteiger partial charge >= 0.3 is 5.97 Å². The molecule has 0 aromatic heterocycles. The fraction of sp³-hybridized carbons (Fsp3) is 0.0870. The first kappa shape index (κ1) is 19.0. The second-order valence-electron chi connectivity index (χ2n) is 6.07. The molecule has 0 bridgehead atoms. The molecule has 3 aromatic rings. The van der Waals surface area contributed by atoms with E-state index in [2.05, 4.69) is 10.5 Å². The highest BCUT2D eigenvalue weighted by Crippen LogP contribution is 2.17. The molecule has 0 saturated carbocycles. The van der Waals surface area contributed by atoms with E-state index in [1.165, 1.54) is 6.21 Å². The largest absolute Gasteiger partial charge is 0.422 e. The average molecular weight is 372 g/mol. The summed E-state index contributed by atoms with van der Waals surface area (Å²) in [6.45, 7) is 0. The predicted molar refractivity (Wildman–Crippen MR) is 108 cm³/mol. The zero-order chi connectivity index (χ0) is 19.6. The van der Waals surface area contributed by atoms with Gasteiger partial charge in [-0.3, -0.25) is 4.79 Å². The number of amides is 1. The van der Waals surface area contributed by atoms with Crippen LogP contribution in [0.25, 0.3) is 0 Å². The van der Waals surface area contributed by atoms with Gasteiger partial charge in [-0.05, 0) is 36.2 Å². The third-order valence-electron chi connectivity index (χ3n) is 4.01. The molecule has 0 radical (unpaired) electrons. The van der Waals surface area contributed by atoms with Crippen LogP contribution in [-0.4, -0.2) is 18.1 Å². The van der Waals surface area contributed by atoms with Crippen molar-refractivity contribution in [2.75, 3.05) is 0 Å². The minimum absolute atomic E-state index is 0.182. The van der Waals surface area contributed by atoms with Crippen molar-refractivity contribution in [1.29, 1.82) is 0 Å². The number of nitrogens with zero attached hydrogens (tertiary/aromatic N) is 1. The number of benzene rings is 3. The molecule has 1 N–H and O–H groups in total. The van der Waals surface area contributed by atoms with E-state index in [4.69, 9.17) is 4.74 Å². The van der Waals surface area contributed by atoms with Crippen LogP contribution in [0.4, 0.5) is 0 Å². The summed E-state index contributed by atoms with van der Waals surface area (Å²) in [6, 6.07) is 25.5. The smallest absolute Gasteiger partial charge is 0.343 e. The Bertz CT molecular complexity index is 954. The summed E-state index contributed by atoms with van der Waals surface area (Å²) in [7, 11) is 0. The minimum Gasteiger partial charge on any atom is -0.422 e. The number of rotatable bonds is 7. The Balaban J connectivity index is 1.56. The molecule has 3 rings (SSSR count). The SMILES string of the molecule is O=C(CCc1ccccc1)N/N=C/c1ccccc1OC(=O)c1ccccc1. The standard InChI is InChI=1S/C23H20N2O3/c26-22(16-15-18-9-3-1-4-10-18)25-24-17-20-13-7-8-14-21(20)28-23(27)19-11-5-2-6-12-19/h1-14,17H,15-16H2,(H,25,26)/b24-17+. The van der Waals surface area contributed by atoms with Crippen LogP contribution < -0.4 is 10.2 Å². The van der Waals surface area contributed by atoms with E-state index in [1.807, 2.05) is 36.4 Å². The van der Waals surface area contributed by atoms with E-state index in [0.717, 1.165) is 5.56 Å². The van der Waals surface area contributed by atoms with Crippen molar-refractivity contribution in [1.82, 2.24) is 5.43 Å². The van der Waals surface area contributed by atoms with Crippen LogP contribution in [0, 0.1) is 0 Å². The van der Waals surface area contributed by atoms with Crippen molar-refractivity contribution in [2.45, 2.75) is 12.8 Å². The maximum absolute atomic E-state index is 12.2. The van der Waals surface area contributed by atoms with E-state index in [0.29, 0.717) is 29.7 Å². The zero-order valence-electron chi connectivity index (χ0n) is 15.2. The normalized spacial score (nSPS) is 10.6. The lowest BCUT2D eigenvalue weighted by Crippen LogP contribution is -2.18. The van der Waals surface area contributed by atoms with Gasteiger partial charge in [-0.2, -0.15) is 5.10 Å². The molecule has 0 spiro atoms. The molecule has 0 unspecified atom stereocenters. The molecule has 0 heterocycles. The van der Waals surface area contributed by atoms with Crippen molar-refractivity contribution in [3.63, 3.8) is 0 Å². The van der Waals surface area contributed by atoms with Crippen LogP contribution >= 0.6 is 0 Å². The van der Waals surface area contributed by atoms with Gasteiger partial charge in [0.1, 0.15) is 5.75 Å². The Morgan fingerprint density at radius 1 is 0.857 bits per heavy atom. The summed E-state index contributed by atoms with van der Waals surface area (Å²) in [6.07, 6.45) is 2.45. The quantitative estimate of drug-likeness (QED) is 0.295. The van der Waals surface area contributed by atoms with Gasteiger partial charge in [-0.15, -0.1) is 0 Å². The zero-order valence-corrected chi connectivity index (χ0v) is 15.2. The molecule has 28 heavy (non-hydrogen) atoms. The second kappa shape index (κ2) is 9.83. The minimum atomic E-state index is -0.451. The number of hydrogen-bond acceptors (Lipinski definition) is 4. The Kier molecular flexibility index (Phi) is 6.68. The fourth-order valence-corrected chi connectivity index (χ4v) is 2.55. The first-order chi connectivity index (χ1) is 13.7. The van der Waals surface area contributed by atoms with Gasteiger partial charge in [-0.1, -0.05) is 60.7 Å².